The Morgan fingerprint density at radius 1 is 1.00 bits per heavy atom. The molecule has 2 aromatic rings. The monoisotopic (exact) mass is 222 g/mol. The quantitative estimate of drug-likeness (QED) is 0.744. The zero-order valence-electron chi connectivity index (χ0n) is 8.42. The van der Waals surface area contributed by atoms with E-state index in [1.54, 1.807) is 24.3 Å². The summed E-state index contributed by atoms with van der Waals surface area (Å²) in [5.74, 6) is 1.13. The molecule has 2 rings (SSSR count). The van der Waals surface area contributed by atoms with Crippen LogP contribution in [0.2, 0.25) is 0 Å². The van der Waals surface area contributed by atoms with Crippen LogP contribution in [0.5, 0.6) is 0 Å². The zero-order valence-corrected chi connectivity index (χ0v) is 8.42. The minimum atomic E-state index is -0.757. The molecule has 16 heavy (non-hydrogen) atoms. The zero-order chi connectivity index (χ0) is 11.2. The average Bonchev–Trinajstić information content (AvgIpc) is 2.96. The van der Waals surface area contributed by atoms with Gasteiger partial charge in [0.15, 0.2) is 13.2 Å². The van der Waals surface area contributed by atoms with Crippen LogP contribution in [-0.4, -0.2) is 6.16 Å². The van der Waals surface area contributed by atoms with Crippen molar-refractivity contribution in [2.24, 2.45) is 0 Å². The molecule has 0 saturated heterocycles. The predicted molar refractivity (Wildman–Crippen MR) is 52.4 cm³/mol. The van der Waals surface area contributed by atoms with Crippen molar-refractivity contribution in [3.63, 3.8) is 0 Å². The maximum atomic E-state index is 11.1. The molecule has 2 heterocycles. The lowest BCUT2D eigenvalue weighted by Crippen LogP contribution is -2.06. The van der Waals surface area contributed by atoms with E-state index in [4.69, 9.17) is 18.3 Å². The Morgan fingerprint density at radius 3 is 1.88 bits per heavy atom. The van der Waals surface area contributed by atoms with Crippen LogP contribution in [0, 0.1) is 0 Å². The maximum Gasteiger partial charge on any atom is 0.509 e. The Bertz CT molecular complexity index is 375. The van der Waals surface area contributed by atoms with E-state index in [1.807, 2.05) is 0 Å². The highest BCUT2D eigenvalue weighted by Gasteiger charge is 2.07. The Hall–Kier alpha value is -2.17. The van der Waals surface area contributed by atoms with Gasteiger partial charge in [0, 0.05) is 0 Å². The van der Waals surface area contributed by atoms with Gasteiger partial charge < -0.3 is 18.3 Å². The molecule has 0 radical (unpaired) electrons. The summed E-state index contributed by atoms with van der Waals surface area (Å²) in [5.41, 5.74) is 0. The van der Waals surface area contributed by atoms with E-state index in [-0.39, 0.29) is 13.2 Å². The lowest BCUT2D eigenvalue weighted by molar-refractivity contribution is 0.0362. The minimum Gasteiger partial charge on any atom is -0.466 e. The summed E-state index contributed by atoms with van der Waals surface area (Å²) in [6.07, 6.45) is 2.26. The first-order valence-electron chi connectivity index (χ1n) is 4.69. The third kappa shape index (κ3) is 2.91. The van der Waals surface area contributed by atoms with Crippen LogP contribution in [0.3, 0.4) is 0 Å². The Balaban J connectivity index is 1.69. The second-order valence-corrected chi connectivity index (χ2v) is 2.99. The predicted octanol–water partition coefficient (Wildman–Crippen LogP) is 2.73. The van der Waals surface area contributed by atoms with Crippen LogP contribution in [0.4, 0.5) is 4.79 Å². The molecule has 0 atom stereocenters. The van der Waals surface area contributed by atoms with Gasteiger partial charge in [-0.05, 0) is 24.3 Å². The highest BCUT2D eigenvalue weighted by Crippen LogP contribution is 2.05. The first-order valence-corrected chi connectivity index (χ1v) is 4.69. The van der Waals surface area contributed by atoms with E-state index in [1.165, 1.54) is 12.5 Å². The van der Waals surface area contributed by atoms with Gasteiger partial charge in [0.25, 0.3) is 0 Å². The van der Waals surface area contributed by atoms with E-state index in [0.717, 1.165) is 0 Å². The largest absolute Gasteiger partial charge is 0.509 e. The lowest BCUT2D eigenvalue weighted by Gasteiger charge is -2.02. The molecular weight excluding hydrogens is 212 g/mol. The number of hydrogen-bond acceptors (Lipinski definition) is 5. The molecule has 5 heteroatoms. The molecule has 0 aliphatic heterocycles. The smallest absolute Gasteiger partial charge is 0.466 e. The molecule has 0 aliphatic rings. The van der Waals surface area contributed by atoms with Gasteiger partial charge in [-0.25, -0.2) is 4.79 Å². The van der Waals surface area contributed by atoms with Crippen LogP contribution in [0.25, 0.3) is 0 Å². The SMILES string of the molecule is O=C(OCc1ccco1)OCc1ccco1. The van der Waals surface area contributed by atoms with E-state index < -0.39 is 6.16 Å². The van der Waals surface area contributed by atoms with Crippen molar-refractivity contribution in [1.29, 1.82) is 0 Å². The number of carbonyl (C=O) groups is 1. The fourth-order valence-corrected chi connectivity index (χ4v) is 1.09. The van der Waals surface area contributed by atoms with Gasteiger partial charge in [-0.2, -0.15) is 0 Å². The summed E-state index contributed by atoms with van der Waals surface area (Å²) in [4.78, 5) is 11.1. The first-order chi connectivity index (χ1) is 7.84. The topological polar surface area (TPSA) is 61.8 Å². The average molecular weight is 222 g/mol. The van der Waals surface area contributed by atoms with Crippen LogP contribution >= 0.6 is 0 Å². The summed E-state index contributed by atoms with van der Waals surface area (Å²) in [7, 11) is 0. The molecule has 0 N–H and O–H groups in total. The standard InChI is InChI=1S/C11H10O5/c12-11(15-7-9-3-1-5-13-9)16-8-10-4-2-6-14-10/h1-6H,7-8H2. The maximum absolute atomic E-state index is 11.1. The van der Waals surface area contributed by atoms with Crippen molar-refractivity contribution in [2.45, 2.75) is 13.2 Å². The molecular formula is C11H10O5. The second kappa shape index (κ2) is 5.06. The van der Waals surface area contributed by atoms with Crippen LogP contribution in [0.1, 0.15) is 11.5 Å². The number of rotatable bonds is 4. The van der Waals surface area contributed by atoms with Gasteiger partial charge in [-0.15, -0.1) is 0 Å². The van der Waals surface area contributed by atoms with Crippen molar-refractivity contribution in [1.82, 2.24) is 0 Å². The Kier molecular flexibility index (Phi) is 3.28. The van der Waals surface area contributed by atoms with E-state index in [2.05, 4.69) is 0 Å². The summed E-state index contributed by atoms with van der Waals surface area (Å²) < 4.78 is 19.5. The van der Waals surface area contributed by atoms with Crippen molar-refractivity contribution in [3.05, 3.63) is 48.3 Å². The van der Waals surface area contributed by atoms with E-state index in [9.17, 15) is 4.79 Å². The summed E-state index contributed by atoms with van der Waals surface area (Å²) >= 11 is 0. The first kappa shape index (κ1) is 10.4. The van der Waals surface area contributed by atoms with Gasteiger partial charge in [0.1, 0.15) is 11.5 Å². The van der Waals surface area contributed by atoms with Gasteiger partial charge in [0.05, 0.1) is 12.5 Å². The summed E-state index contributed by atoms with van der Waals surface area (Å²) in [6, 6.07) is 6.85. The molecule has 5 nitrogen and oxygen atoms in total. The lowest BCUT2D eigenvalue weighted by atomic mass is 10.5. The van der Waals surface area contributed by atoms with Gasteiger partial charge in [-0.1, -0.05) is 0 Å². The highest BCUT2D eigenvalue weighted by atomic mass is 16.7. The molecule has 0 bridgehead atoms. The number of carbonyl (C=O) groups excluding carboxylic acids is 1. The molecule has 0 spiro atoms. The third-order valence-corrected chi connectivity index (χ3v) is 1.82. The molecule has 0 aromatic carbocycles. The van der Waals surface area contributed by atoms with Gasteiger partial charge in [-0.3, -0.25) is 0 Å². The van der Waals surface area contributed by atoms with Crippen LogP contribution < -0.4 is 0 Å². The fraction of sp³-hybridized carbons (Fsp3) is 0.182. The van der Waals surface area contributed by atoms with E-state index >= 15 is 0 Å². The molecule has 0 saturated carbocycles. The minimum absolute atomic E-state index is 0.0595. The van der Waals surface area contributed by atoms with Crippen molar-refractivity contribution in [3.8, 4) is 0 Å². The third-order valence-electron chi connectivity index (χ3n) is 1.82. The molecule has 2 aromatic heterocycles. The Morgan fingerprint density at radius 2 is 1.50 bits per heavy atom. The molecule has 0 fully saturated rings. The molecule has 0 amide bonds. The van der Waals surface area contributed by atoms with Gasteiger partial charge >= 0.3 is 6.16 Å². The van der Waals surface area contributed by atoms with Crippen molar-refractivity contribution >= 4 is 6.16 Å². The second-order valence-electron chi connectivity index (χ2n) is 2.99. The number of ether oxygens (including phenoxy) is 2. The normalized spacial score (nSPS) is 10.0. The molecule has 0 unspecified atom stereocenters. The van der Waals surface area contributed by atoms with E-state index in [0.29, 0.717) is 11.5 Å². The van der Waals surface area contributed by atoms with Crippen molar-refractivity contribution < 1.29 is 23.1 Å². The van der Waals surface area contributed by atoms with Crippen LogP contribution in [-0.2, 0) is 22.7 Å². The number of hydrogen-bond donors (Lipinski definition) is 0. The number of furan rings is 2. The van der Waals surface area contributed by atoms with Gasteiger partial charge in [0.2, 0.25) is 0 Å². The highest BCUT2D eigenvalue weighted by molar-refractivity contribution is 5.59. The van der Waals surface area contributed by atoms with Crippen molar-refractivity contribution in [2.75, 3.05) is 0 Å². The fourth-order valence-electron chi connectivity index (χ4n) is 1.09. The summed E-state index contributed by atoms with van der Waals surface area (Å²) in [5, 5.41) is 0. The molecule has 84 valence electrons. The summed E-state index contributed by atoms with van der Waals surface area (Å²) in [6.45, 7) is 0.119. The van der Waals surface area contributed by atoms with Crippen LogP contribution in [0.15, 0.2) is 45.6 Å². The Labute approximate surface area is 91.6 Å². The molecule has 0 aliphatic carbocycles.